The number of amides is 3. The largest absolute Gasteiger partial charge is 0.471 e. The molecule has 130 valence electrons. The number of hydrogen-bond acceptors (Lipinski definition) is 3. The van der Waals surface area contributed by atoms with Gasteiger partial charge in [-0.05, 0) is 12.8 Å². The van der Waals surface area contributed by atoms with Gasteiger partial charge in [0.05, 0.1) is 0 Å². The minimum Gasteiger partial charge on any atom is -0.356 e. The molecule has 6 nitrogen and oxygen atoms in total. The van der Waals surface area contributed by atoms with E-state index in [0.717, 1.165) is 4.90 Å². The molecule has 2 saturated heterocycles. The number of nitrogens with zero attached hydrogens (tertiary/aromatic N) is 2. The first-order valence-corrected chi connectivity index (χ1v) is 7.56. The van der Waals surface area contributed by atoms with E-state index < -0.39 is 12.1 Å². The average molecular weight is 335 g/mol. The SMILES string of the molecule is CN1CC(CNC(=O)C2CCN(C(=O)C(F)(F)F)CC2)CC1=O. The Balaban J connectivity index is 1.74. The molecule has 0 aromatic heterocycles. The lowest BCUT2D eigenvalue weighted by Gasteiger charge is -2.31. The molecule has 3 amide bonds. The van der Waals surface area contributed by atoms with Crippen LogP contribution in [0.1, 0.15) is 19.3 Å². The van der Waals surface area contributed by atoms with Crippen molar-refractivity contribution in [3.05, 3.63) is 0 Å². The summed E-state index contributed by atoms with van der Waals surface area (Å²) in [7, 11) is 1.71. The van der Waals surface area contributed by atoms with Crippen molar-refractivity contribution in [3.8, 4) is 0 Å². The number of carbonyl (C=O) groups excluding carboxylic acids is 3. The van der Waals surface area contributed by atoms with Gasteiger partial charge in [0.15, 0.2) is 0 Å². The second kappa shape index (κ2) is 6.76. The Morgan fingerprint density at radius 3 is 2.35 bits per heavy atom. The topological polar surface area (TPSA) is 69.7 Å². The number of piperidine rings is 1. The number of alkyl halides is 3. The van der Waals surface area contributed by atoms with E-state index in [1.807, 2.05) is 0 Å². The summed E-state index contributed by atoms with van der Waals surface area (Å²) in [5, 5.41) is 2.77. The maximum atomic E-state index is 12.3. The van der Waals surface area contributed by atoms with Gasteiger partial charge in [0.25, 0.3) is 0 Å². The molecule has 2 heterocycles. The second-order valence-electron chi connectivity index (χ2n) is 6.15. The van der Waals surface area contributed by atoms with Crippen LogP contribution in [0.4, 0.5) is 13.2 Å². The highest BCUT2D eigenvalue weighted by Gasteiger charge is 2.43. The highest BCUT2D eigenvalue weighted by molar-refractivity contribution is 5.83. The molecule has 0 aromatic carbocycles. The summed E-state index contributed by atoms with van der Waals surface area (Å²) in [6, 6.07) is 0. The summed E-state index contributed by atoms with van der Waals surface area (Å²) < 4.78 is 37.0. The molecule has 2 aliphatic heterocycles. The number of rotatable bonds is 3. The zero-order valence-electron chi connectivity index (χ0n) is 12.9. The summed E-state index contributed by atoms with van der Waals surface area (Å²) in [5.74, 6) is -2.33. The zero-order valence-corrected chi connectivity index (χ0v) is 12.9. The molecule has 1 atom stereocenters. The Morgan fingerprint density at radius 2 is 1.87 bits per heavy atom. The molecule has 0 radical (unpaired) electrons. The van der Waals surface area contributed by atoms with Gasteiger partial charge in [0.1, 0.15) is 0 Å². The van der Waals surface area contributed by atoms with Crippen molar-refractivity contribution < 1.29 is 27.6 Å². The molecule has 1 unspecified atom stereocenters. The Morgan fingerprint density at radius 1 is 1.26 bits per heavy atom. The monoisotopic (exact) mass is 335 g/mol. The van der Waals surface area contributed by atoms with Crippen LogP contribution < -0.4 is 5.32 Å². The van der Waals surface area contributed by atoms with Crippen molar-refractivity contribution in [2.24, 2.45) is 11.8 Å². The third-order valence-corrected chi connectivity index (χ3v) is 4.38. The lowest BCUT2D eigenvalue weighted by Crippen LogP contribution is -2.47. The minimum atomic E-state index is -4.86. The molecular formula is C14H20F3N3O3. The van der Waals surface area contributed by atoms with Gasteiger partial charge in [-0.25, -0.2) is 0 Å². The lowest BCUT2D eigenvalue weighted by atomic mass is 9.95. The molecule has 9 heteroatoms. The predicted octanol–water partition coefficient (Wildman–Crippen LogP) is 0.382. The fourth-order valence-electron chi connectivity index (χ4n) is 3.01. The summed E-state index contributed by atoms with van der Waals surface area (Å²) in [6.45, 7) is 0.844. The summed E-state index contributed by atoms with van der Waals surface area (Å²) in [4.78, 5) is 36.9. The van der Waals surface area contributed by atoms with E-state index in [1.165, 1.54) is 0 Å². The van der Waals surface area contributed by atoms with Gasteiger partial charge in [-0.2, -0.15) is 13.2 Å². The number of hydrogen-bond donors (Lipinski definition) is 1. The summed E-state index contributed by atoms with van der Waals surface area (Å²) >= 11 is 0. The Hall–Kier alpha value is -1.80. The van der Waals surface area contributed by atoms with Gasteiger partial charge >= 0.3 is 12.1 Å². The van der Waals surface area contributed by atoms with E-state index in [2.05, 4.69) is 5.32 Å². The van der Waals surface area contributed by atoms with Crippen LogP contribution in [0, 0.1) is 11.8 Å². The van der Waals surface area contributed by atoms with Gasteiger partial charge < -0.3 is 15.1 Å². The molecule has 0 aromatic rings. The fraction of sp³-hybridized carbons (Fsp3) is 0.786. The molecule has 2 fully saturated rings. The van der Waals surface area contributed by atoms with E-state index in [0.29, 0.717) is 19.5 Å². The normalized spacial score (nSPS) is 23.3. The number of nitrogens with one attached hydrogen (secondary N) is 1. The Labute approximate surface area is 132 Å². The van der Waals surface area contributed by atoms with Crippen LogP contribution in [-0.4, -0.2) is 66.9 Å². The van der Waals surface area contributed by atoms with Crippen molar-refractivity contribution in [2.75, 3.05) is 33.2 Å². The van der Waals surface area contributed by atoms with Crippen molar-refractivity contribution in [1.82, 2.24) is 15.1 Å². The van der Waals surface area contributed by atoms with Crippen LogP contribution in [-0.2, 0) is 14.4 Å². The van der Waals surface area contributed by atoms with Crippen LogP contribution in [0.25, 0.3) is 0 Å². The highest BCUT2D eigenvalue weighted by Crippen LogP contribution is 2.24. The van der Waals surface area contributed by atoms with Crippen molar-refractivity contribution in [2.45, 2.75) is 25.4 Å². The number of halogens is 3. The predicted molar refractivity (Wildman–Crippen MR) is 74.1 cm³/mol. The smallest absolute Gasteiger partial charge is 0.356 e. The Bertz CT molecular complexity index is 487. The molecule has 0 spiro atoms. The summed E-state index contributed by atoms with van der Waals surface area (Å²) in [6.07, 6.45) is -4.03. The zero-order chi connectivity index (χ0) is 17.2. The summed E-state index contributed by atoms with van der Waals surface area (Å²) in [5.41, 5.74) is 0. The van der Waals surface area contributed by atoms with Gasteiger partial charge in [-0.1, -0.05) is 0 Å². The van der Waals surface area contributed by atoms with Crippen molar-refractivity contribution in [3.63, 3.8) is 0 Å². The molecule has 2 aliphatic rings. The highest BCUT2D eigenvalue weighted by atomic mass is 19.4. The maximum Gasteiger partial charge on any atom is 0.471 e. The van der Waals surface area contributed by atoms with Gasteiger partial charge in [-0.3, -0.25) is 14.4 Å². The van der Waals surface area contributed by atoms with Crippen LogP contribution in [0.2, 0.25) is 0 Å². The first-order valence-electron chi connectivity index (χ1n) is 7.56. The van der Waals surface area contributed by atoms with Crippen molar-refractivity contribution >= 4 is 17.7 Å². The van der Waals surface area contributed by atoms with Gasteiger partial charge in [-0.15, -0.1) is 0 Å². The molecule has 23 heavy (non-hydrogen) atoms. The van der Waals surface area contributed by atoms with Crippen LogP contribution in [0.3, 0.4) is 0 Å². The van der Waals surface area contributed by atoms with Crippen LogP contribution >= 0.6 is 0 Å². The minimum absolute atomic E-state index is 0.0446. The lowest BCUT2D eigenvalue weighted by molar-refractivity contribution is -0.186. The third-order valence-electron chi connectivity index (χ3n) is 4.38. The molecule has 2 rings (SSSR count). The second-order valence-corrected chi connectivity index (χ2v) is 6.15. The first-order chi connectivity index (χ1) is 10.7. The maximum absolute atomic E-state index is 12.3. The van der Waals surface area contributed by atoms with E-state index in [4.69, 9.17) is 0 Å². The molecule has 0 aliphatic carbocycles. The number of likely N-dealkylation sites (tertiary alicyclic amines) is 2. The molecule has 1 N–H and O–H groups in total. The quantitative estimate of drug-likeness (QED) is 0.811. The van der Waals surface area contributed by atoms with E-state index >= 15 is 0 Å². The van der Waals surface area contributed by atoms with E-state index in [1.54, 1.807) is 11.9 Å². The van der Waals surface area contributed by atoms with Crippen LogP contribution in [0.15, 0.2) is 0 Å². The average Bonchev–Trinajstić information content (AvgIpc) is 2.82. The van der Waals surface area contributed by atoms with Crippen molar-refractivity contribution in [1.29, 1.82) is 0 Å². The molecule has 0 bridgehead atoms. The molecular weight excluding hydrogens is 315 g/mol. The fourth-order valence-corrected chi connectivity index (χ4v) is 3.01. The third kappa shape index (κ3) is 4.35. The van der Waals surface area contributed by atoms with Gasteiger partial charge in [0, 0.05) is 51.5 Å². The molecule has 0 saturated carbocycles. The van der Waals surface area contributed by atoms with Gasteiger partial charge in [0.2, 0.25) is 11.8 Å². The van der Waals surface area contributed by atoms with E-state index in [-0.39, 0.29) is 49.6 Å². The standard InChI is InChI=1S/C14H20F3N3O3/c1-19-8-9(6-11(19)21)7-18-12(22)10-2-4-20(5-3-10)13(23)14(15,16)17/h9-10H,2-8H2,1H3,(H,18,22). The first kappa shape index (κ1) is 17.6. The van der Waals surface area contributed by atoms with Crippen LogP contribution in [0.5, 0.6) is 0 Å². The Kier molecular flexibility index (Phi) is 5.16. The van der Waals surface area contributed by atoms with E-state index in [9.17, 15) is 27.6 Å². The number of carbonyl (C=O) groups is 3.